The van der Waals surface area contributed by atoms with Crippen LogP contribution in [0.25, 0.3) is 12.7 Å². The summed E-state index contributed by atoms with van der Waals surface area (Å²) < 4.78 is 0.995. The van der Waals surface area contributed by atoms with E-state index in [0.29, 0.717) is 17.4 Å². The molecule has 0 fully saturated rings. The standard InChI is InChI=1S/C8H11N3O.C8H17NO.C7H7NS/c1-5-3-7(11-6(2)12)4-10-8(5)9;1-4-8(3)6-9(5-2)7-10;1-3-4-7-6(2)9-5-8-7/h3-4H,1-2H3,(H2,9,10)(H,11,12);7-8H,4-6H2,1-3H3;3-5H,1-2H2/b;;7-4+. The summed E-state index contributed by atoms with van der Waals surface area (Å²) in [5.41, 5.74) is 8.81. The Kier molecular flexibility index (Phi) is 14.3. The molecule has 2 heterocycles. The second kappa shape index (κ2) is 15.8. The van der Waals surface area contributed by atoms with Crippen molar-refractivity contribution in [3.05, 3.63) is 45.9 Å². The van der Waals surface area contributed by atoms with E-state index in [1.807, 2.05) is 19.9 Å². The van der Waals surface area contributed by atoms with E-state index in [9.17, 15) is 9.59 Å². The molecule has 1 unspecified atom stereocenters. The molecule has 1 atom stereocenters. The molecule has 0 saturated carbocycles. The van der Waals surface area contributed by atoms with Crippen LogP contribution in [-0.4, -0.2) is 40.3 Å². The van der Waals surface area contributed by atoms with Crippen LogP contribution >= 0.6 is 11.3 Å². The number of aryl methyl sites for hydroxylation is 1. The predicted octanol–water partition coefficient (Wildman–Crippen LogP) is 2.96. The Bertz CT molecular complexity index is 926. The number of thiazole rings is 1. The second-order valence-corrected chi connectivity index (χ2v) is 7.82. The zero-order valence-corrected chi connectivity index (χ0v) is 20.0. The van der Waals surface area contributed by atoms with E-state index in [-0.39, 0.29) is 5.91 Å². The van der Waals surface area contributed by atoms with E-state index >= 15 is 0 Å². The first-order valence-corrected chi connectivity index (χ1v) is 11.0. The van der Waals surface area contributed by atoms with E-state index < -0.39 is 0 Å². The maximum Gasteiger partial charge on any atom is 0.221 e. The third-order valence-corrected chi connectivity index (χ3v) is 4.89. The maximum atomic E-state index is 10.6. The van der Waals surface area contributed by atoms with Crippen molar-refractivity contribution in [3.63, 3.8) is 0 Å². The van der Waals surface area contributed by atoms with Crippen LogP contribution in [0.2, 0.25) is 0 Å². The third kappa shape index (κ3) is 12.3. The van der Waals surface area contributed by atoms with Crippen LogP contribution in [0.4, 0.5) is 11.5 Å². The molecule has 7 nitrogen and oxygen atoms in total. The van der Waals surface area contributed by atoms with Gasteiger partial charge in [-0.2, -0.15) is 0 Å². The molecule has 2 amide bonds. The summed E-state index contributed by atoms with van der Waals surface area (Å²) in [5, 5.41) is 3.54. The Morgan fingerprint density at radius 3 is 2.48 bits per heavy atom. The first kappa shape index (κ1) is 28.0. The smallest absolute Gasteiger partial charge is 0.221 e. The molecule has 0 bridgehead atoms. The molecule has 31 heavy (non-hydrogen) atoms. The number of aromatic nitrogens is 2. The molecular weight excluding hydrogens is 410 g/mol. The molecule has 2 rings (SSSR count). The first-order valence-electron chi connectivity index (χ1n) is 10.1. The molecular formula is C23H35N5O2S. The monoisotopic (exact) mass is 445 g/mol. The third-order valence-electron chi connectivity index (χ3n) is 4.19. The van der Waals surface area contributed by atoms with Crippen molar-refractivity contribution in [1.29, 1.82) is 0 Å². The minimum absolute atomic E-state index is 0.110. The van der Waals surface area contributed by atoms with Gasteiger partial charge < -0.3 is 16.0 Å². The highest BCUT2D eigenvalue weighted by atomic mass is 32.1. The molecule has 0 spiro atoms. The van der Waals surface area contributed by atoms with Crippen LogP contribution in [0.15, 0.2) is 30.4 Å². The highest BCUT2D eigenvalue weighted by Crippen LogP contribution is 2.12. The molecule has 0 saturated heterocycles. The van der Waals surface area contributed by atoms with E-state index in [2.05, 4.69) is 42.3 Å². The topological polar surface area (TPSA) is 101 Å². The van der Waals surface area contributed by atoms with Gasteiger partial charge in [-0.3, -0.25) is 9.59 Å². The number of pyridine rings is 1. The van der Waals surface area contributed by atoms with E-state index in [4.69, 9.17) is 5.73 Å². The number of rotatable bonds is 7. The number of hydrogen-bond acceptors (Lipinski definition) is 6. The molecule has 2 aromatic heterocycles. The largest absolute Gasteiger partial charge is 0.383 e. The lowest BCUT2D eigenvalue weighted by Gasteiger charge is -2.18. The van der Waals surface area contributed by atoms with Gasteiger partial charge in [0.25, 0.3) is 0 Å². The normalized spacial score (nSPS) is 11.2. The molecule has 0 aliphatic carbocycles. The zero-order valence-electron chi connectivity index (χ0n) is 19.2. The summed E-state index contributed by atoms with van der Waals surface area (Å²) in [6, 6.07) is 1.78. The van der Waals surface area contributed by atoms with Crippen molar-refractivity contribution < 1.29 is 9.59 Å². The van der Waals surface area contributed by atoms with Crippen LogP contribution in [0.3, 0.4) is 0 Å². The van der Waals surface area contributed by atoms with Gasteiger partial charge in [0.15, 0.2) is 0 Å². The van der Waals surface area contributed by atoms with E-state index in [1.165, 1.54) is 13.1 Å². The summed E-state index contributed by atoms with van der Waals surface area (Å²) in [6.45, 7) is 18.6. The Labute approximate surface area is 189 Å². The van der Waals surface area contributed by atoms with Gasteiger partial charge in [0.1, 0.15) is 5.82 Å². The lowest BCUT2D eigenvalue weighted by Crippen LogP contribution is -2.26. The summed E-state index contributed by atoms with van der Waals surface area (Å²) >= 11 is 1.54. The lowest BCUT2D eigenvalue weighted by molar-refractivity contribution is -0.118. The van der Waals surface area contributed by atoms with Gasteiger partial charge in [-0.25, -0.2) is 9.97 Å². The van der Waals surface area contributed by atoms with Crippen molar-refractivity contribution in [2.24, 2.45) is 5.92 Å². The zero-order chi connectivity index (χ0) is 23.8. The van der Waals surface area contributed by atoms with Crippen LogP contribution in [-0.2, 0) is 9.59 Å². The van der Waals surface area contributed by atoms with Crippen LogP contribution in [0.1, 0.15) is 39.7 Å². The number of nitrogens with two attached hydrogens (primary N) is 1. The summed E-state index contributed by atoms with van der Waals surface area (Å²) in [4.78, 5) is 30.7. The van der Waals surface area contributed by atoms with Crippen LogP contribution in [0.5, 0.6) is 0 Å². The van der Waals surface area contributed by atoms with Crippen molar-refractivity contribution in [2.45, 2.75) is 41.0 Å². The molecule has 0 aromatic carbocycles. The number of anilines is 2. The number of amides is 2. The average molecular weight is 446 g/mol. The summed E-state index contributed by atoms with van der Waals surface area (Å²) in [7, 11) is 0. The Balaban J connectivity index is 0.000000441. The second-order valence-electron chi connectivity index (χ2n) is 6.88. The highest BCUT2D eigenvalue weighted by molar-refractivity contribution is 7.07. The van der Waals surface area contributed by atoms with E-state index in [1.54, 1.807) is 33.9 Å². The van der Waals surface area contributed by atoms with Crippen molar-refractivity contribution >= 4 is 47.8 Å². The molecule has 3 N–H and O–H groups in total. The maximum absolute atomic E-state index is 10.6. The number of hydrogen-bond donors (Lipinski definition) is 2. The summed E-state index contributed by atoms with van der Waals surface area (Å²) in [5.74, 6) is 1.01. The molecule has 0 aliphatic heterocycles. The van der Waals surface area contributed by atoms with E-state index in [0.717, 1.165) is 41.4 Å². The summed E-state index contributed by atoms with van der Waals surface area (Å²) in [6.07, 6.45) is 7.16. The number of carbonyl (C=O) groups excluding carboxylic acids is 2. The minimum atomic E-state index is -0.110. The van der Waals surface area contributed by atoms with Crippen LogP contribution in [0, 0.1) is 12.8 Å². The molecule has 170 valence electrons. The Hall–Kier alpha value is -3.00. The lowest BCUT2D eigenvalue weighted by atomic mass is 10.1. The molecule has 8 heteroatoms. The molecule has 0 aliphatic rings. The Morgan fingerprint density at radius 1 is 1.39 bits per heavy atom. The van der Waals surface area contributed by atoms with Gasteiger partial charge in [0.05, 0.1) is 22.7 Å². The fourth-order valence-corrected chi connectivity index (χ4v) is 2.69. The fourth-order valence-electron chi connectivity index (χ4n) is 2.16. The fraction of sp³-hybridized carbons (Fsp3) is 0.391. The van der Waals surface area contributed by atoms with Crippen LogP contribution < -0.4 is 20.9 Å². The molecule has 0 radical (unpaired) electrons. The van der Waals surface area contributed by atoms with Gasteiger partial charge >= 0.3 is 0 Å². The van der Waals surface area contributed by atoms with Gasteiger partial charge in [-0.1, -0.05) is 39.5 Å². The number of nitrogens with zero attached hydrogens (tertiary/aromatic N) is 3. The van der Waals surface area contributed by atoms with Gasteiger partial charge in [-0.15, -0.1) is 11.3 Å². The number of allylic oxidation sites excluding steroid dienone is 1. The Morgan fingerprint density at radius 2 is 2.06 bits per heavy atom. The van der Waals surface area contributed by atoms with Crippen molar-refractivity contribution in [2.75, 3.05) is 24.1 Å². The number of nitrogens with one attached hydrogen (secondary N) is 1. The minimum Gasteiger partial charge on any atom is -0.383 e. The number of nitrogen functional groups attached to an aromatic ring is 1. The number of carbonyl (C=O) groups is 2. The van der Waals surface area contributed by atoms with Crippen molar-refractivity contribution in [3.8, 4) is 0 Å². The quantitative estimate of drug-likeness (QED) is 0.638. The first-order chi connectivity index (χ1) is 14.7. The van der Waals surface area contributed by atoms with Gasteiger partial charge in [-0.05, 0) is 37.5 Å². The highest BCUT2D eigenvalue weighted by Gasteiger charge is 2.03. The SMILES string of the molecule is C=C/C=c1/ncsc1=C.CC(=O)Nc1cnc(N)c(C)c1.CCC(C)CN(C=O)CC. The predicted molar refractivity (Wildman–Crippen MR) is 132 cm³/mol. The van der Waals surface area contributed by atoms with Gasteiger partial charge in [0.2, 0.25) is 12.3 Å². The van der Waals surface area contributed by atoms with Gasteiger partial charge in [0, 0.05) is 24.5 Å². The molecule has 2 aromatic rings. The average Bonchev–Trinajstić information content (AvgIpc) is 3.14. The van der Waals surface area contributed by atoms with Crippen molar-refractivity contribution in [1.82, 2.24) is 14.9 Å².